The molecule has 0 fully saturated rings. The number of hydrogen-bond donors (Lipinski definition) is 3. The predicted octanol–water partition coefficient (Wildman–Crippen LogP) is 0.431. The fraction of sp³-hybridized carbons (Fsp3) is 0.333. The Hall–Kier alpha value is -1.88. The summed E-state index contributed by atoms with van der Waals surface area (Å²) in [5, 5.41) is 2.65. The first-order valence-electron chi connectivity index (χ1n) is 5.42. The molecule has 0 bridgehead atoms. The van der Waals surface area contributed by atoms with Gasteiger partial charge in [0, 0.05) is 5.56 Å². The SMILES string of the molecule is CC(C)[C@@H](NC(=O)c1ccccc1)C(=O)NN. The number of amides is 2. The van der Waals surface area contributed by atoms with E-state index in [1.165, 1.54) is 0 Å². The van der Waals surface area contributed by atoms with Crippen LogP contribution in [0.2, 0.25) is 0 Å². The molecule has 92 valence electrons. The summed E-state index contributed by atoms with van der Waals surface area (Å²) in [5.74, 6) is 4.36. The van der Waals surface area contributed by atoms with Crippen LogP contribution in [-0.2, 0) is 4.79 Å². The van der Waals surface area contributed by atoms with E-state index in [4.69, 9.17) is 5.84 Å². The van der Waals surface area contributed by atoms with Gasteiger partial charge >= 0.3 is 0 Å². The minimum absolute atomic E-state index is 0.0359. The van der Waals surface area contributed by atoms with Crippen molar-refractivity contribution in [2.24, 2.45) is 11.8 Å². The first-order chi connectivity index (χ1) is 8.06. The monoisotopic (exact) mass is 235 g/mol. The zero-order chi connectivity index (χ0) is 12.8. The average Bonchev–Trinajstić information content (AvgIpc) is 2.35. The van der Waals surface area contributed by atoms with Crippen molar-refractivity contribution in [3.63, 3.8) is 0 Å². The molecule has 0 aliphatic heterocycles. The summed E-state index contributed by atoms with van der Waals surface area (Å²) in [7, 11) is 0. The molecule has 1 atom stereocenters. The molecule has 0 radical (unpaired) electrons. The van der Waals surface area contributed by atoms with Crippen molar-refractivity contribution in [1.82, 2.24) is 10.7 Å². The minimum Gasteiger partial charge on any atom is -0.340 e. The van der Waals surface area contributed by atoms with E-state index in [1.54, 1.807) is 24.3 Å². The molecule has 2 amide bonds. The van der Waals surface area contributed by atoms with Gasteiger partial charge in [-0.15, -0.1) is 0 Å². The second-order valence-electron chi connectivity index (χ2n) is 4.07. The van der Waals surface area contributed by atoms with E-state index in [0.717, 1.165) is 0 Å². The van der Waals surface area contributed by atoms with Crippen LogP contribution in [0.25, 0.3) is 0 Å². The molecule has 0 heterocycles. The lowest BCUT2D eigenvalue weighted by atomic mass is 10.0. The molecule has 0 unspecified atom stereocenters. The number of benzene rings is 1. The Balaban J connectivity index is 2.75. The maximum Gasteiger partial charge on any atom is 0.256 e. The third kappa shape index (κ3) is 3.57. The van der Waals surface area contributed by atoms with Crippen LogP contribution in [0.15, 0.2) is 30.3 Å². The highest BCUT2D eigenvalue weighted by Gasteiger charge is 2.23. The lowest BCUT2D eigenvalue weighted by Crippen LogP contribution is -2.51. The number of carbonyl (C=O) groups excluding carboxylic acids is 2. The molecule has 1 aromatic rings. The maximum absolute atomic E-state index is 11.8. The fourth-order valence-electron chi connectivity index (χ4n) is 1.44. The van der Waals surface area contributed by atoms with Crippen LogP contribution in [0.4, 0.5) is 0 Å². The van der Waals surface area contributed by atoms with Gasteiger partial charge in [-0.2, -0.15) is 0 Å². The van der Waals surface area contributed by atoms with Crippen LogP contribution in [0.5, 0.6) is 0 Å². The highest BCUT2D eigenvalue weighted by Crippen LogP contribution is 2.04. The summed E-state index contributed by atoms with van der Waals surface area (Å²) in [5.41, 5.74) is 2.57. The molecule has 0 aliphatic carbocycles. The maximum atomic E-state index is 11.8. The largest absolute Gasteiger partial charge is 0.340 e. The van der Waals surface area contributed by atoms with Crippen LogP contribution >= 0.6 is 0 Å². The van der Waals surface area contributed by atoms with Gasteiger partial charge in [-0.3, -0.25) is 15.0 Å². The van der Waals surface area contributed by atoms with E-state index in [0.29, 0.717) is 5.56 Å². The Morgan fingerprint density at radius 3 is 2.24 bits per heavy atom. The van der Waals surface area contributed by atoms with Crippen molar-refractivity contribution in [2.45, 2.75) is 19.9 Å². The van der Waals surface area contributed by atoms with Crippen LogP contribution in [0.1, 0.15) is 24.2 Å². The van der Waals surface area contributed by atoms with Gasteiger partial charge in [-0.05, 0) is 18.1 Å². The molecule has 5 heteroatoms. The van der Waals surface area contributed by atoms with Gasteiger partial charge in [0.05, 0.1) is 0 Å². The third-order valence-corrected chi connectivity index (χ3v) is 2.41. The van der Waals surface area contributed by atoms with Gasteiger partial charge in [0.1, 0.15) is 6.04 Å². The number of hydrazine groups is 1. The molecule has 0 spiro atoms. The lowest BCUT2D eigenvalue weighted by molar-refractivity contribution is -0.124. The highest BCUT2D eigenvalue weighted by molar-refractivity contribution is 5.97. The quantitative estimate of drug-likeness (QED) is 0.402. The summed E-state index contributed by atoms with van der Waals surface area (Å²) >= 11 is 0. The lowest BCUT2D eigenvalue weighted by Gasteiger charge is -2.20. The molecule has 1 rings (SSSR count). The minimum atomic E-state index is -0.632. The fourth-order valence-corrected chi connectivity index (χ4v) is 1.44. The van der Waals surface area contributed by atoms with Gasteiger partial charge in [0.25, 0.3) is 11.8 Å². The predicted molar refractivity (Wildman–Crippen MR) is 64.9 cm³/mol. The molecule has 0 aliphatic rings. The van der Waals surface area contributed by atoms with Gasteiger partial charge in [0.15, 0.2) is 0 Å². The van der Waals surface area contributed by atoms with Crippen LogP contribution in [-0.4, -0.2) is 17.9 Å². The smallest absolute Gasteiger partial charge is 0.256 e. The molecule has 0 aromatic heterocycles. The van der Waals surface area contributed by atoms with Gasteiger partial charge < -0.3 is 5.32 Å². The Morgan fingerprint density at radius 1 is 1.18 bits per heavy atom. The third-order valence-electron chi connectivity index (χ3n) is 2.41. The molecule has 0 saturated heterocycles. The van der Waals surface area contributed by atoms with E-state index in [9.17, 15) is 9.59 Å². The van der Waals surface area contributed by atoms with E-state index < -0.39 is 11.9 Å². The first kappa shape index (κ1) is 13.2. The van der Waals surface area contributed by atoms with E-state index in [-0.39, 0.29) is 11.8 Å². The molecule has 17 heavy (non-hydrogen) atoms. The first-order valence-corrected chi connectivity index (χ1v) is 5.42. The Labute approximate surface area is 100 Å². The van der Waals surface area contributed by atoms with Crippen molar-refractivity contribution in [3.8, 4) is 0 Å². The van der Waals surface area contributed by atoms with Crippen molar-refractivity contribution in [2.75, 3.05) is 0 Å². The van der Waals surface area contributed by atoms with Crippen molar-refractivity contribution in [3.05, 3.63) is 35.9 Å². The molecule has 0 saturated carbocycles. The van der Waals surface area contributed by atoms with Gasteiger partial charge in [-0.1, -0.05) is 32.0 Å². The van der Waals surface area contributed by atoms with Gasteiger partial charge in [-0.25, -0.2) is 5.84 Å². The summed E-state index contributed by atoms with van der Waals surface area (Å²) in [6.45, 7) is 3.68. The number of nitrogens with one attached hydrogen (secondary N) is 2. The average molecular weight is 235 g/mol. The van der Waals surface area contributed by atoms with Crippen molar-refractivity contribution >= 4 is 11.8 Å². The normalized spacial score (nSPS) is 12.0. The Kier molecular flexibility index (Phi) is 4.66. The number of rotatable bonds is 4. The molecule has 4 N–H and O–H groups in total. The van der Waals surface area contributed by atoms with Crippen molar-refractivity contribution in [1.29, 1.82) is 0 Å². The standard InChI is InChI=1S/C12H17N3O2/c1-8(2)10(12(17)15-13)14-11(16)9-6-4-3-5-7-9/h3-8,10H,13H2,1-2H3,(H,14,16)(H,15,17)/t10-/m1/s1. The van der Waals surface area contributed by atoms with Crippen LogP contribution < -0.4 is 16.6 Å². The molecule has 1 aromatic carbocycles. The Bertz CT molecular complexity index is 390. The second-order valence-corrected chi connectivity index (χ2v) is 4.07. The summed E-state index contributed by atoms with van der Waals surface area (Å²) in [4.78, 5) is 23.3. The zero-order valence-electron chi connectivity index (χ0n) is 9.94. The van der Waals surface area contributed by atoms with Crippen LogP contribution in [0, 0.1) is 5.92 Å². The number of nitrogens with two attached hydrogens (primary N) is 1. The Morgan fingerprint density at radius 2 is 1.76 bits per heavy atom. The summed E-state index contributed by atoms with van der Waals surface area (Å²) in [6, 6.07) is 8.10. The van der Waals surface area contributed by atoms with Crippen LogP contribution in [0.3, 0.4) is 0 Å². The number of carbonyl (C=O) groups is 2. The summed E-state index contributed by atoms with van der Waals surface area (Å²) < 4.78 is 0. The highest BCUT2D eigenvalue weighted by atomic mass is 16.2. The van der Waals surface area contributed by atoms with E-state index in [2.05, 4.69) is 5.32 Å². The number of hydrogen-bond acceptors (Lipinski definition) is 3. The van der Waals surface area contributed by atoms with E-state index >= 15 is 0 Å². The molecule has 5 nitrogen and oxygen atoms in total. The molecular weight excluding hydrogens is 218 g/mol. The second kappa shape index (κ2) is 6.00. The van der Waals surface area contributed by atoms with E-state index in [1.807, 2.05) is 25.3 Å². The summed E-state index contributed by atoms with van der Waals surface area (Å²) in [6.07, 6.45) is 0. The molecular formula is C12H17N3O2. The van der Waals surface area contributed by atoms with Crippen molar-refractivity contribution < 1.29 is 9.59 Å². The topological polar surface area (TPSA) is 84.2 Å². The van der Waals surface area contributed by atoms with Gasteiger partial charge in [0.2, 0.25) is 0 Å². The zero-order valence-corrected chi connectivity index (χ0v) is 9.94.